The third-order valence-corrected chi connectivity index (χ3v) is 6.23. The third-order valence-electron chi connectivity index (χ3n) is 5.04. The van der Waals surface area contributed by atoms with Gasteiger partial charge >= 0.3 is 0 Å². The summed E-state index contributed by atoms with van der Waals surface area (Å²) < 4.78 is 0. The summed E-state index contributed by atoms with van der Waals surface area (Å²) in [6.07, 6.45) is 3.96. The lowest BCUT2D eigenvalue weighted by Crippen LogP contribution is -2.50. The lowest BCUT2D eigenvalue weighted by Gasteiger charge is -2.45. The Kier molecular flexibility index (Phi) is 5.98. The van der Waals surface area contributed by atoms with Gasteiger partial charge in [-0.25, -0.2) is 0 Å². The van der Waals surface area contributed by atoms with Crippen LogP contribution >= 0.6 is 15.9 Å². The van der Waals surface area contributed by atoms with Crippen LogP contribution in [0.1, 0.15) is 53.9 Å². The number of nitrogens with zero attached hydrogens (tertiary/aromatic N) is 1. The smallest absolute Gasteiger partial charge is 0.01000 e. The van der Waals surface area contributed by atoms with E-state index in [0.29, 0.717) is 5.41 Å². The molecule has 1 heterocycles. The van der Waals surface area contributed by atoms with E-state index in [2.05, 4.69) is 55.4 Å². The normalized spacial score (nSPS) is 31.8. The predicted molar refractivity (Wildman–Crippen MR) is 80.8 cm³/mol. The summed E-state index contributed by atoms with van der Waals surface area (Å²) in [5.74, 6) is 1.71. The first kappa shape index (κ1) is 15.5. The molecule has 0 aliphatic carbocycles. The molecule has 3 unspecified atom stereocenters. The molecule has 0 saturated carbocycles. The van der Waals surface area contributed by atoms with E-state index in [1.807, 2.05) is 0 Å². The maximum Gasteiger partial charge on any atom is 0.01000 e. The van der Waals surface area contributed by atoms with Gasteiger partial charge < -0.3 is 0 Å². The predicted octanol–water partition coefficient (Wildman–Crippen LogP) is 4.55. The summed E-state index contributed by atoms with van der Waals surface area (Å²) in [5, 5.41) is 1.14. The van der Waals surface area contributed by atoms with Crippen molar-refractivity contribution in [3.63, 3.8) is 0 Å². The van der Waals surface area contributed by atoms with Crippen LogP contribution in [0.2, 0.25) is 0 Å². The summed E-state index contributed by atoms with van der Waals surface area (Å²) in [6.45, 7) is 14.5. The van der Waals surface area contributed by atoms with Crippen molar-refractivity contribution in [2.45, 2.75) is 59.9 Å². The minimum Gasteiger partial charge on any atom is -0.300 e. The van der Waals surface area contributed by atoms with E-state index in [-0.39, 0.29) is 0 Å². The van der Waals surface area contributed by atoms with E-state index >= 15 is 0 Å². The van der Waals surface area contributed by atoms with E-state index in [0.717, 1.165) is 23.2 Å². The van der Waals surface area contributed by atoms with Crippen molar-refractivity contribution in [2.24, 2.45) is 17.3 Å². The summed E-state index contributed by atoms with van der Waals surface area (Å²) in [6, 6.07) is 0.753. The van der Waals surface area contributed by atoms with Gasteiger partial charge in [0.15, 0.2) is 0 Å². The molecule has 0 aromatic carbocycles. The number of hydrogen-bond acceptors (Lipinski definition) is 1. The van der Waals surface area contributed by atoms with Gasteiger partial charge in [0.1, 0.15) is 0 Å². The Morgan fingerprint density at radius 1 is 1.18 bits per heavy atom. The molecule has 1 fully saturated rings. The fourth-order valence-electron chi connectivity index (χ4n) is 3.18. The highest BCUT2D eigenvalue weighted by atomic mass is 79.9. The van der Waals surface area contributed by atoms with Crippen molar-refractivity contribution in [1.82, 2.24) is 4.90 Å². The Hall–Kier alpha value is 0.440. The Morgan fingerprint density at radius 3 is 2.24 bits per heavy atom. The summed E-state index contributed by atoms with van der Waals surface area (Å²) >= 11 is 3.74. The van der Waals surface area contributed by atoms with Crippen LogP contribution in [0.4, 0.5) is 0 Å². The number of likely N-dealkylation sites (tertiary alicyclic amines) is 1. The zero-order valence-electron chi connectivity index (χ0n) is 12.3. The average Bonchev–Trinajstić information content (AvgIpc) is 2.32. The molecule has 1 aliphatic rings. The largest absolute Gasteiger partial charge is 0.300 e. The quantitative estimate of drug-likeness (QED) is 0.673. The van der Waals surface area contributed by atoms with Gasteiger partial charge in [0, 0.05) is 24.5 Å². The molecule has 1 rings (SSSR count). The maximum atomic E-state index is 3.74. The van der Waals surface area contributed by atoms with Gasteiger partial charge in [-0.3, -0.25) is 4.90 Å². The molecule has 0 amide bonds. The SMILES string of the molecule is CCC(CC)(CBr)CN1CC(C)CC(C)C1C. The van der Waals surface area contributed by atoms with Crippen LogP contribution in [0.5, 0.6) is 0 Å². The number of alkyl halides is 1. The van der Waals surface area contributed by atoms with Gasteiger partial charge in [0.05, 0.1) is 0 Å². The fourth-order valence-corrected chi connectivity index (χ4v) is 4.15. The highest BCUT2D eigenvalue weighted by Gasteiger charge is 2.34. The van der Waals surface area contributed by atoms with Crippen molar-refractivity contribution in [3.05, 3.63) is 0 Å². The van der Waals surface area contributed by atoms with E-state index in [1.54, 1.807) is 0 Å². The summed E-state index contributed by atoms with van der Waals surface area (Å²) in [4.78, 5) is 2.74. The number of hydrogen-bond donors (Lipinski definition) is 0. The van der Waals surface area contributed by atoms with Gasteiger partial charge in [0.25, 0.3) is 0 Å². The Bertz CT molecular complexity index is 217. The molecule has 0 N–H and O–H groups in total. The fraction of sp³-hybridized carbons (Fsp3) is 1.00. The van der Waals surface area contributed by atoms with Crippen molar-refractivity contribution in [1.29, 1.82) is 0 Å². The molecular weight excluding hydrogens is 274 g/mol. The molecule has 2 heteroatoms. The number of piperidine rings is 1. The van der Waals surface area contributed by atoms with E-state index in [9.17, 15) is 0 Å². The van der Waals surface area contributed by atoms with Crippen LogP contribution in [-0.4, -0.2) is 29.4 Å². The van der Waals surface area contributed by atoms with Crippen LogP contribution < -0.4 is 0 Å². The molecule has 0 aromatic heterocycles. The number of rotatable bonds is 5. The highest BCUT2D eigenvalue weighted by Crippen LogP contribution is 2.34. The first-order valence-electron chi connectivity index (χ1n) is 7.28. The molecule has 0 bridgehead atoms. The molecule has 3 atom stereocenters. The van der Waals surface area contributed by atoms with Crippen LogP contribution in [0.15, 0.2) is 0 Å². The molecule has 0 radical (unpaired) electrons. The van der Waals surface area contributed by atoms with Gasteiger partial charge in [-0.05, 0) is 43.4 Å². The van der Waals surface area contributed by atoms with E-state index in [1.165, 1.54) is 32.4 Å². The first-order chi connectivity index (χ1) is 7.98. The highest BCUT2D eigenvalue weighted by molar-refractivity contribution is 9.09. The second kappa shape index (κ2) is 6.56. The summed E-state index contributed by atoms with van der Waals surface area (Å²) in [5.41, 5.74) is 0.477. The lowest BCUT2D eigenvalue weighted by atomic mass is 9.80. The van der Waals surface area contributed by atoms with Crippen molar-refractivity contribution >= 4 is 15.9 Å². The summed E-state index contributed by atoms with van der Waals surface area (Å²) in [7, 11) is 0. The van der Waals surface area contributed by atoms with Crippen LogP contribution in [0.25, 0.3) is 0 Å². The standard InChI is InChI=1S/C15H30BrN/c1-6-15(7-2,10-16)11-17-9-12(3)8-13(4)14(17)5/h12-14H,6-11H2,1-5H3. The maximum absolute atomic E-state index is 3.74. The van der Waals surface area contributed by atoms with Crippen LogP contribution in [-0.2, 0) is 0 Å². The molecule has 1 nitrogen and oxygen atoms in total. The topological polar surface area (TPSA) is 3.24 Å². The van der Waals surface area contributed by atoms with Crippen LogP contribution in [0.3, 0.4) is 0 Å². The molecular formula is C15H30BrN. The van der Waals surface area contributed by atoms with Gasteiger partial charge in [-0.2, -0.15) is 0 Å². The molecule has 0 spiro atoms. The molecule has 1 aliphatic heterocycles. The van der Waals surface area contributed by atoms with Crippen molar-refractivity contribution in [2.75, 3.05) is 18.4 Å². The zero-order chi connectivity index (χ0) is 13.1. The minimum atomic E-state index is 0.477. The Labute approximate surface area is 116 Å². The Balaban J connectivity index is 2.70. The van der Waals surface area contributed by atoms with Crippen molar-refractivity contribution in [3.8, 4) is 0 Å². The Morgan fingerprint density at radius 2 is 1.76 bits per heavy atom. The van der Waals surface area contributed by atoms with E-state index in [4.69, 9.17) is 0 Å². The lowest BCUT2D eigenvalue weighted by molar-refractivity contribution is 0.0402. The van der Waals surface area contributed by atoms with Gasteiger partial charge in [-0.15, -0.1) is 0 Å². The molecule has 102 valence electrons. The minimum absolute atomic E-state index is 0.477. The first-order valence-corrected chi connectivity index (χ1v) is 8.40. The van der Waals surface area contributed by atoms with Gasteiger partial charge in [0.2, 0.25) is 0 Å². The van der Waals surface area contributed by atoms with Crippen LogP contribution in [0, 0.1) is 17.3 Å². The third kappa shape index (κ3) is 3.70. The second-order valence-electron chi connectivity index (χ2n) is 6.33. The average molecular weight is 304 g/mol. The molecule has 1 saturated heterocycles. The number of halogens is 1. The molecule has 0 aromatic rings. The van der Waals surface area contributed by atoms with Crippen molar-refractivity contribution < 1.29 is 0 Å². The van der Waals surface area contributed by atoms with Gasteiger partial charge in [-0.1, -0.05) is 43.6 Å². The second-order valence-corrected chi connectivity index (χ2v) is 6.89. The molecule has 17 heavy (non-hydrogen) atoms. The van der Waals surface area contributed by atoms with E-state index < -0.39 is 0 Å². The monoisotopic (exact) mass is 303 g/mol. The zero-order valence-corrected chi connectivity index (χ0v) is 13.9.